The van der Waals surface area contributed by atoms with Gasteiger partial charge in [0.2, 0.25) is 4.96 Å². The summed E-state index contributed by atoms with van der Waals surface area (Å²) in [6.07, 6.45) is 1.56. The van der Waals surface area contributed by atoms with Crippen LogP contribution in [0.3, 0.4) is 0 Å². The second-order valence-electron chi connectivity index (χ2n) is 7.56. The van der Waals surface area contributed by atoms with Crippen LogP contribution in [-0.2, 0) is 0 Å². The molecule has 9 heteroatoms. The van der Waals surface area contributed by atoms with Crippen molar-refractivity contribution in [2.45, 2.75) is 0 Å². The fraction of sp³-hybridized carbons (Fsp3) is 0. The normalized spacial score (nSPS) is 11.2. The molecule has 0 atom stereocenters. The van der Waals surface area contributed by atoms with Gasteiger partial charge in [-0.3, -0.25) is 4.79 Å². The number of para-hydroxylation sites is 1. The highest BCUT2D eigenvalue weighted by atomic mass is 32.1. The van der Waals surface area contributed by atoms with Gasteiger partial charge in [-0.15, -0.1) is 10.2 Å². The Bertz CT molecular complexity index is 1690. The van der Waals surface area contributed by atoms with Gasteiger partial charge in [0.1, 0.15) is 16.9 Å². The molecule has 0 aliphatic carbocycles. The van der Waals surface area contributed by atoms with Crippen molar-refractivity contribution < 1.29 is 9.21 Å². The highest BCUT2D eigenvalue weighted by Crippen LogP contribution is 2.26. The zero-order chi connectivity index (χ0) is 23.1. The van der Waals surface area contributed by atoms with Crippen LogP contribution in [-0.4, -0.2) is 25.7 Å². The van der Waals surface area contributed by atoms with Gasteiger partial charge in [0.15, 0.2) is 0 Å². The van der Waals surface area contributed by atoms with Crippen molar-refractivity contribution in [3.8, 4) is 21.7 Å². The molecule has 3 heterocycles. The van der Waals surface area contributed by atoms with E-state index in [1.54, 1.807) is 47.2 Å². The van der Waals surface area contributed by atoms with Crippen LogP contribution in [0.5, 0.6) is 0 Å². The lowest BCUT2D eigenvalue weighted by molar-refractivity contribution is 0.102. The molecule has 3 aromatic heterocycles. The van der Waals surface area contributed by atoms with Crippen LogP contribution in [0.25, 0.3) is 37.6 Å². The van der Waals surface area contributed by atoms with Crippen molar-refractivity contribution >= 4 is 38.9 Å². The molecule has 0 fully saturated rings. The van der Waals surface area contributed by atoms with E-state index in [0.29, 0.717) is 28.0 Å². The van der Waals surface area contributed by atoms with E-state index in [2.05, 4.69) is 20.6 Å². The lowest BCUT2D eigenvalue weighted by atomic mass is 10.0. The molecule has 0 aliphatic rings. The summed E-state index contributed by atoms with van der Waals surface area (Å²) in [7, 11) is 0. The first-order valence-electron chi connectivity index (χ1n) is 10.4. The minimum Gasteiger partial charge on any atom is -0.422 e. The first-order chi connectivity index (χ1) is 16.6. The maximum absolute atomic E-state index is 12.7. The van der Waals surface area contributed by atoms with Gasteiger partial charge in [0.25, 0.3) is 5.91 Å². The average Bonchev–Trinajstić information content (AvgIpc) is 3.47. The molecular weight excluding hydrogens is 450 g/mol. The highest BCUT2D eigenvalue weighted by Gasteiger charge is 2.12. The first-order valence-corrected chi connectivity index (χ1v) is 11.2. The number of fused-ring (bicyclic) bond motifs is 2. The molecule has 34 heavy (non-hydrogen) atoms. The molecule has 8 nitrogen and oxygen atoms in total. The second kappa shape index (κ2) is 8.05. The number of aromatic nitrogens is 4. The van der Waals surface area contributed by atoms with E-state index >= 15 is 0 Å². The molecule has 0 spiro atoms. The van der Waals surface area contributed by atoms with Crippen LogP contribution in [0.2, 0.25) is 0 Å². The predicted octanol–water partition coefficient (Wildman–Crippen LogP) is 4.88. The van der Waals surface area contributed by atoms with Crippen LogP contribution in [0.15, 0.2) is 94.4 Å². The number of rotatable bonds is 4. The smallest absolute Gasteiger partial charge is 0.344 e. The van der Waals surface area contributed by atoms with Gasteiger partial charge in [-0.1, -0.05) is 41.7 Å². The molecule has 6 aromatic rings. The molecule has 0 aliphatic heterocycles. The van der Waals surface area contributed by atoms with E-state index < -0.39 is 5.63 Å². The number of benzene rings is 3. The number of anilines is 1. The minimum absolute atomic E-state index is 0.247. The molecule has 1 N–H and O–H groups in total. The van der Waals surface area contributed by atoms with Gasteiger partial charge >= 0.3 is 5.63 Å². The Kier molecular flexibility index (Phi) is 4.74. The predicted molar refractivity (Wildman–Crippen MR) is 130 cm³/mol. The Balaban J connectivity index is 1.19. The number of hydrogen-bond acceptors (Lipinski definition) is 7. The third kappa shape index (κ3) is 3.63. The van der Waals surface area contributed by atoms with E-state index in [1.807, 2.05) is 42.5 Å². The number of amides is 1. The van der Waals surface area contributed by atoms with Gasteiger partial charge in [-0.05, 0) is 54.1 Å². The third-order valence-corrected chi connectivity index (χ3v) is 6.34. The molecular formula is C25H15N5O3S. The van der Waals surface area contributed by atoms with Crippen LogP contribution < -0.4 is 10.9 Å². The number of hydrogen-bond donors (Lipinski definition) is 1. The second-order valence-corrected chi connectivity index (χ2v) is 8.52. The fourth-order valence-electron chi connectivity index (χ4n) is 3.64. The van der Waals surface area contributed by atoms with E-state index in [1.165, 1.54) is 11.3 Å². The third-order valence-electron chi connectivity index (χ3n) is 5.38. The Hall–Kier alpha value is -4.63. The summed E-state index contributed by atoms with van der Waals surface area (Å²) in [5.41, 5.74) is 3.33. The first kappa shape index (κ1) is 20.0. The molecule has 0 radical (unpaired) electrons. The van der Waals surface area contributed by atoms with Crippen LogP contribution in [0.1, 0.15) is 10.4 Å². The van der Waals surface area contributed by atoms with Crippen LogP contribution >= 0.6 is 11.3 Å². The van der Waals surface area contributed by atoms with E-state index in [-0.39, 0.29) is 5.91 Å². The molecule has 1 amide bonds. The molecule has 0 saturated heterocycles. The summed E-state index contributed by atoms with van der Waals surface area (Å²) in [5, 5.41) is 16.8. The number of nitrogens with zero attached hydrogens (tertiary/aromatic N) is 4. The molecule has 164 valence electrons. The Labute approximate surface area is 196 Å². The molecule has 0 bridgehead atoms. The summed E-state index contributed by atoms with van der Waals surface area (Å²) >= 11 is 1.44. The van der Waals surface area contributed by atoms with E-state index in [0.717, 1.165) is 20.9 Å². The number of nitrogens with one attached hydrogen (secondary N) is 1. The Morgan fingerprint density at radius 3 is 2.50 bits per heavy atom. The van der Waals surface area contributed by atoms with Crippen molar-refractivity contribution in [3.05, 3.63) is 101 Å². The number of carbonyl (C=O) groups is 1. The average molecular weight is 465 g/mol. The standard InChI is InChI=1S/C25H15N5O3S/c31-22(27-19-11-9-17(10-12-19)23-29-30-14-26-28-25(30)34-23)16-7-5-15(6-8-16)20-13-18-3-1-2-4-21(18)33-24(20)32/h1-14H,(H,27,31). The van der Waals surface area contributed by atoms with Crippen molar-refractivity contribution in [3.63, 3.8) is 0 Å². The molecule has 0 saturated carbocycles. The van der Waals surface area contributed by atoms with Gasteiger partial charge in [0.05, 0.1) is 5.56 Å². The van der Waals surface area contributed by atoms with Gasteiger partial charge < -0.3 is 9.73 Å². The summed E-state index contributed by atoms with van der Waals surface area (Å²) in [4.78, 5) is 25.8. The summed E-state index contributed by atoms with van der Waals surface area (Å²) < 4.78 is 7.04. The minimum atomic E-state index is -0.416. The molecule has 3 aromatic carbocycles. The highest BCUT2D eigenvalue weighted by molar-refractivity contribution is 7.19. The van der Waals surface area contributed by atoms with Crippen molar-refractivity contribution in [2.24, 2.45) is 0 Å². The Morgan fingerprint density at radius 2 is 1.71 bits per heavy atom. The SMILES string of the molecule is O=C(Nc1ccc(-c2nn3cnnc3s2)cc1)c1ccc(-c2cc3ccccc3oc2=O)cc1. The van der Waals surface area contributed by atoms with Crippen molar-refractivity contribution in [1.82, 2.24) is 19.8 Å². The summed E-state index contributed by atoms with van der Waals surface area (Å²) in [6, 6.07) is 23.4. The topological polar surface area (TPSA) is 102 Å². The molecule has 0 unspecified atom stereocenters. The van der Waals surface area contributed by atoms with E-state index in [4.69, 9.17) is 4.42 Å². The van der Waals surface area contributed by atoms with E-state index in [9.17, 15) is 9.59 Å². The van der Waals surface area contributed by atoms with Gasteiger partial charge in [0, 0.05) is 22.2 Å². The molecule has 6 rings (SSSR count). The zero-order valence-electron chi connectivity index (χ0n) is 17.5. The summed E-state index contributed by atoms with van der Waals surface area (Å²) in [5.74, 6) is -0.247. The lowest BCUT2D eigenvalue weighted by Crippen LogP contribution is -2.11. The zero-order valence-corrected chi connectivity index (χ0v) is 18.3. The lowest BCUT2D eigenvalue weighted by Gasteiger charge is -2.07. The monoisotopic (exact) mass is 465 g/mol. The Morgan fingerprint density at radius 1 is 0.941 bits per heavy atom. The quantitative estimate of drug-likeness (QED) is 0.372. The van der Waals surface area contributed by atoms with Crippen LogP contribution in [0, 0.1) is 0 Å². The summed E-state index contributed by atoms with van der Waals surface area (Å²) in [6.45, 7) is 0. The fourth-order valence-corrected chi connectivity index (χ4v) is 4.47. The van der Waals surface area contributed by atoms with Gasteiger partial charge in [-0.25, -0.2) is 4.79 Å². The van der Waals surface area contributed by atoms with Gasteiger partial charge in [-0.2, -0.15) is 9.61 Å². The maximum atomic E-state index is 12.7. The van der Waals surface area contributed by atoms with Crippen molar-refractivity contribution in [2.75, 3.05) is 5.32 Å². The maximum Gasteiger partial charge on any atom is 0.344 e. The van der Waals surface area contributed by atoms with Crippen LogP contribution in [0.4, 0.5) is 5.69 Å². The largest absolute Gasteiger partial charge is 0.422 e. The van der Waals surface area contributed by atoms with Crippen molar-refractivity contribution in [1.29, 1.82) is 0 Å². The number of carbonyl (C=O) groups excluding carboxylic acids is 1.